The van der Waals surface area contributed by atoms with Crippen LogP contribution in [-0.2, 0) is 15.0 Å². The van der Waals surface area contributed by atoms with Crippen molar-refractivity contribution in [1.82, 2.24) is 10.2 Å². The summed E-state index contributed by atoms with van der Waals surface area (Å²) in [7, 11) is 0. The lowest BCUT2D eigenvalue weighted by Gasteiger charge is -2.26. The van der Waals surface area contributed by atoms with Crippen LogP contribution in [0.3, 0.4) is 0 Å². The van der Waals surface area contributed by atoms with E-state index in [0.717, 1.165) is 47.4 Å². The van der Waals surface area contributed by atoms with Crippen molar-refractivity contribution in [2.24, 2.45) is 5.92 Å². The summed E-state index contributed by atoms with van der Waals surface area (Å²) in [6.07, 6.45) is 5.69. The van der Waals surface area contributed by atoms with Crippen molar-refractivity contribution in [3.8, 4) is 0 Å². The summed E-state index contributed by atoms with van der Waals surface area (Å²) >= 11 is 1.38. The summed E-state index contributed by atoms with van der Waals surface area (Å²) in [6.45, 7) is 8.34. The average Bonchev–Trinajstić information content (AvgIpc) is 3.47. The first-order valence-electron chi connectivity index (χ1n) is 13.1. The Morgan fingerprint density at radius 3 is 2.19 bits per heavy atom. The predicted molar refractivity (Wildman–Crippen MR) is 145 cm³/mol. The number of Topliss-reactive ketones (excluding diaryl/α,β-unsaturated/α-hetero) is 2. The zero-order valence-electron chi connectivity index (χ0n) is 21.9. The van der Waals surface area contributed by atoms with Gasteiger partial charge in [0, 0.05) is 11.5 Å². The minimum Gasteiger partial charge on any atom is -0.293 e. The van der Waals surface area contributed by atoms with Crippen LogP contribution in [0.15, 0.2) is 48.5 Å². The molecule has 5 rings (SSSR count). The molecule has 1 aliphatic heterocycles. The molecule has 6 nitrogen and oxygen atoms in total. The van der Waals surface area contributed by atoms with Gasteiger partial charge in [0.1, 0.15) is 10.9 Å². The highest BCUT2D eigenvalue weighted by Gasteiger charge is 2.53. The molecule has 0 spiro atoms. The molecule has 1 aromatic heterocycles. The Balaban J connectivity index is 1.57. The summed E-state index contributed by atoms with van der Waals surface area (Å²) in [4.78, 5) is 42.0. The van der Waals surface area contributed by atoms with Crippen molar-refractivity contribution in [3.63, 3.8) is 0 Å². The zero-order valence-corrected chi connectivity index (χ0v) is 22.7. The number of amides is 1. The molecule has 2 aromatic carbocycles. The van der Waals surface area contributed by atoms with E-state index in [1.54, 1.807) is 12.1 Å². The van der Waals surface area contributed by atoms with E-state index >= 15 is 0 Å². The number of nitrogens with zero attached hydrogens (tertiary/aromatic N) is 3. The molecule has 0 bridgehead atoms. The fourth-order valence-electron chi connectivity index (χ4n) is 5.40. The molecule has 3 aromatic rings. The van der Waals surface area contributed by atoms with Gasteiger partial charge < -0.3 is 0 Å². The first-order chi connectivity index (χ1) is 17.6. The Labute approximate surface area is 222 Å². The van der Waals surface area contributed by atoms with Crippen molar-refractivity contribution < 1.29 is 14.4 Å². The molecule has 7 heteroatoms. The number of benzene rings is 2. The third-order valence-electron chi connectivity index (χ3n) is 7.63. The van der Waals surface area contributed by atoms with Crippen LogP contribution in [0.1, 0.15) is 96.9 Å². The molecule has 0 radical (unpaired) electrons. The molecule has 2 unspecified atom stereocenters. The summed E-state index contributed by atoms with van der Waals surface area (Å²) in [5.41, 5.74) is 3.27. The molecule has 2 heterocycles. The second-order valence-electron chi connectivity index (χ2n) is 11.3. The molecule has 2 aliphatic rings. The molecule has 1 saturated carbocycles. The molecule has 1 aliphatic carbocycles. The van der Waals surface area contributed by atoms with E-state index in [1.165, 1.54) is 22.7 Å². The van der Waals surface area contributed by atoms with Crippen molar-refractivity contribution in [2.45, 2.75) is 77.2 Å². The second kappa shape index (κ2) is 9.93. The van der Waals surface area contributed by atoms with Gasteiger partial charge in [-0.2, -0.15) is 0 Å². The highest BCUT2D eigenvalue weighted by atomic mass is 32.1. The molecule has 1 amide bonds. The standard InChI is InChI=1S/C30H33N3O3S/c1-18-10-12-20(13-11-18)25(34)23-24(19-14-16-22(17-15-19)30(2,3)4)33(28(36)26(23)35)29-32-31-27(37-29)21-8-6-5-7-9-21/h10-17,21,23-24H,5-9H2,1-4H3. The third-order valence-corrected chi connectivity index (χ3v) is 8.72. The Kier molecular flexibility index (Phi) is 6.84. The average molecular weight is 516 g/mol. The van der Waals surface area contributed by atoms with E-state index in [1.807, 2.05) is 43.3 Å². The van der Waals surface area contributed by atoms with Gasteiger partial charge in [0.15, 0.2) is 5.78 Å². The summed E-state index contributed by atoms with van der Waals surface area (Å²) in [6, 6.07) is 14.3. The molecule has 192 valence electrons. The first-order valence-corrected chi connectivity index (χ1v) is 13.9. The first kappa shape index (κ1) is 25.5. The van der Waals surface area contributed by atoms with Crippen LogP contribution in [0.25, 0.3) is 0 Å². The maximum atomic E-state index is 13.7. The summed E-state index contributed by atoms with van der Waals surface area (Å²) < 4.78 is 0. The summed E-state index contributed by atoms with van der Waals surface area (Å²) in [5.74, 6) is -2.53. The monoisotopic (exact) mass is 515 g/mol. The van der Waals surface area contributed by atoms with Crippen LogP contribution in [0.5, 0.6) is 0 Å². The molecular weight excluding hydrogens is 482 g/mol. The van der Waals surface area contributed by atoms with E-state index in [-0.39, 0.29) is 11.2 Å². The molecule has 1 saturated heterocycles. The molecule has 2 atom stereocenters. The van der Waals surface area contributed by atoms with E-state index in [0.29, 0.717) is 16.6 Å². The van der Waals surface area contributed by atoms with Gasteiger partial charge in [-0.3, -0.25) is 19.3 Å². The highest BCUT2D eigenvalue weighted by Crippen LogP contribution is 2.44. The Bertz CT molecular complexity index is 1320. The molecular formula is C30H33N3O3S. The SMILES string of the molecule is Cc1ccc(C(=O)C2C(=O)C(=O)N(c3nnc(C4CCCCC4)s3)C2c2ccc(C(C)(C)C)cc2)cc1. The van der Waals surface area contributed by atoms with Crippen LogP contribution in [-0.4, -0.2) is 27.7 Å². The quantitative estimate of drug-likeness (QED) is 0.225. The van der Waals surface area contributed by atoms with Gasteiger partial charge in [-0.05, 0) is 36.3 Å². The van der Waals surface area contributed by atoms with E-state index in [4.69, 9.17) is 0 Å². The van der Waals surface area contributed by atoms with Crippen LogP contribution in [0.2, 0.25) is 0 Å². The van der Waals surface area contributed by atoms with Gasteiger partial charge in [0.2, 0.25) is 10.9 Å². The molecule has 37 heavy (non-hydrogen) atoms. The third kappa shape index (κ3) is 4.89. The number of anilines is 1. The van der Waals surface area contributed by atoms with Crippen LogP contribution in [0, 0.1) is 12.8 Å². The maximum absolute atomic E-state index is 13.7. The van der Waals surface area contributed by atoms with Gasteiger partial charge in [0.05, 0.1) is 6.04 Å². The number of carbonyl (C=O) groups is 3. The van der Waals surface area contributed by atoms with Crippen LogP contribution in [0.4, 0.5) is 5.13 Å². The molecule has 0 N–H and O–H groups in total. The normalized spacial score (nSPS) is 21.0. The van der Waals surface area contributed by atoms with Crippen molar-refractivity contribution in [3.05, 3.63) is 75.8 Å². The predicted octanol–water partition coefficient (Wildman–Crippen LogP) is 6.35. The smallest absolute Gasteiger partial charge is 0.293 e. The largest absolute Gasteiger partial charge is 0.297 e. The van der Waals surface area contributed by atoms with Gasteiger partial charge in [0.25, 0.3) is 5.91 Å². The fourth-order valence-corrected chi connectivity index (χ4v) is 6.44. The second-order valence-corrected chi connectivity index (χ2v) is 12.3. The zero-order chi connectivity index (χ0) is 26.3. The molecule has 2 fully saturated rings. The fraction of sp³-hybridized carbons (Fsp3) is 0.433. The lowest BCUT2D eigenvalue weighted by Crippen LogP contribution is -2.30. The van der Waals surface area contributed by atoms with Crippen LogP contribution >= 0.6 is 11.3 Å². The number of rotatable bonds is 5. The number of hydrogen-bond acceptors (Lipinski definition) is 6. The topological polar surface area (TPSA) is 80.2 Å². The Hall–Kier alpha value is -3.19. The highest BCUT2D eigenvalue weighted by molar-refractivity contribution is 7.15. The number of hydrogen-bond donors (Lipinski definition) is 0. The van der Waals surface area contributed by atoms with Gasteiger partial charge in [-0.15, -0.1) is 10.2 Å². The van der Waals surface area contributed by atoms with Crippen molar-refractivity contribution in [2.75, 3.05) is 4.90 Å². The van der Waals surface area contributed by atoms with Gasteiger partial charge >= 0.3 is 0 Å². The van der Waals surface area contributed by atoms with E-state index in [2.05, 4.69) is 31.0 Å². The number of carbonyl (C=O) groups excluding carboxylic acids is 3. The van der Waals surface area contributed by atoms with Gasteiger partial charge in [-0.25, -0.2) is 0 Å². The Morgan fingerprint density at radius 1 is 0.919 bits per heavy atom. The van der Waals surface area contributed by atoms with Crippen molar-refractivity contribution in [1.29, 1.82) is 0 Å². The minimum absolute atomic E-state index is 0.0508. The number of ketones is 2. The van der Waals surface area contributed by atoms with Gasteiger partial charge in [-0.1, -0.05) is 105 Å². The maximum Gasteiger partial charge on any atom is 0.297 e. The van der Waals surface area contributed by atoms with E-state index < -0.39 is 23.7 Å². The lowest BCUT2D eigenvalue weighted by molar-refractivity contribution is -0.135. The van der Waals surface area contributed by atoms with Crippen LogP contribution < -0.4 is 4.90 Å². The number of aromatic nitrogens is 2. The lowest BCUT2D eigenvalue weighted by atomic mass is 9.83. The van der Waals surface area contributed by atoms with Crippen molar-refractivity contribution >= 4 is 33.9 Å². The Morgan fingerprint density at radius 2 is 1.57 bits per heavy atom. The van der Waals surface area contributed by atoms with E-state index in [9.17, 15) is 14.4 Å². The minimum atomic E-state index is -1.14. The number of aryl methyl sites for hydroxylation is 1. The summed E-state index contributed by atoms with van der Waals surface area (Å²) in [5, 5.41) is 10.1.